The Morgan fingerprint density at radius 2 is 2.09 bits per heavy atom. The Bertz CT molecular complexity index is 709. The van der Waals surface area contributed by atoms with Gasteiger partial charge in [0.25, 0.3) is 0 Å². The lowest BCUT2D eigenvalue weighted by Crippen LogP contribution is -2.22. The van der Waals surface area contributed by atoms with E-state index in [2.05, 4.69) is 24.6 Å². The van der Waals surface area contributed by atoms with Crippen molar-refractivity contribution in [2.45, 2.75) is 39.3 Å². The van der Waals surface area contributed by atoms with Crippen LogP contribution >= 0.6 is 0 Å². The highest BCUT2D eigenvalue weighted by Crippen LogP contribution is 2.25. The number of fused-ring (bicyclic) bond motifs is 1. The van der Waals surface area contributed by atoms with Gasteiger partial charge >= 0.3 is 5.69 Å². The standard InChI is InChI=1S/C14H20FN3O3Si/c1-10-16-12-8-13(18(19)20)11(15)7-14(12)17(10)9-21-5-6-22(2,3)4/h7-8H,5-6,9H2,1-4H3. The predicted octanol–water partition coefficient (Wildman–Crippen LogP) is 3.70. The predicted molar refractivity (Wildman–Crippen MR) is 85.2 cm³/mol. The summed E-state index contributed by atoms with van der Waals surface area (Å²) in [5.41, 5.74) is 0.352. The average Bonchev–Trinajstić information content (AvgIpc) is 2.68. The lowest BCUT2D eigenvalue weighted by atomic mass is 10.2. The van der Waals surface area contributed by atoms with Gasteiger partial charge < -0.3 is 9.30 Å². The third-order valence-corrected chi connectivity index (χ3v) is 5.13. The lowest BCUT2D eigenvalue weighted by molar-refractivity contribution is -0.387. The number of nitro benzene ring substituents is 1. The van der Waals surface area contributed by atoms with Crippen LogP contribution in [0.5, 0.6) is 0 Å². The second kappa shape index (κ2) is 6.13. The highest BCUT2D eigenvalue weighted by atomic mass is 28.3. The molecular formula is C14H20FN3O3Si. The molecule has 0 radical (unpaired) electrons. The number of aromatic nitrogens is 2. The number of ether oxygens (including phenoxy) is 1. The Hall–Kier alpha value is -1.80. The Morgan fingerprint density at radius 3 is 2.68 bits per heavy atom. The molecule has 0 aliphatic rings. The molecule has 0 aliphatic carbocycles. The molecule has 0 atom stereocenters. The SMILES string of the molecule is Cc1nc2cc([N+](=O)[O-])c(F)cc2n1COCC[Si](C)(C)C. The van der Waals surface area contributed by atoms with E-state index in [-0.39, 0.29) is 6.73 Å². The van der Waals surface area contributed by atoms with Crippen LogP contribution in [0.25, 0.3) is 11.0 Å². The number of hydrogen-bond donors (Lipinski definition) is 0. The summed E-state index contributed by atoms with van der Waals surface area (Å²) in [6.07, 6.45) is 0. The number of rotatable bonds is 6. The molecule has 1 aromatic heterocycles. The zero-order valence-corrected chi connectivity index (χ0v) is 14.2. The number of halogens is 1. The molecule has 1 heterocycles. The molecule has 8 heteroatoms. The molecule has 120 valence electrons. The van der Waals surface area contributed by atoms with Crippen molar-refractivity contribution in [2.75, 3.05) is 6.61 Å². The highest BCUT2D eigenvalue weighted by Gasteiger charge is 2.19. The summed E-state index contributed by atoms with van der Waals surface area (Å²) >= 11 is 0. The lowest BCUT2D eigenvalue weighted by Gasteiger charge is -2.16. The molecule has 2 aromatic rings. The van der Waals surface area contributed by atoms with Crippen LogP contribution in [-0.2, 0) is 11.5 Å². The van der Waals surface area contributed by atoms with Gasteiger partial charge in [-0.3, -0.25) is 10.1 Å². The first-order valence-corrected chi connectivity index (χ1v) is 10.8. The Kier molecular flexibility index (Phi) is 4.62. The smallest absolute Gasteiger partial charge is 0.307 e. The summed E-state index contributed by atoms with van der Waals surface area (Å²) < 4.78 is 21.2. The minimum Gasteiger partial charge on any atom is -0.361 e. The van der Waals surface area contributed by atoms with E-state index in [1.54, 1.807) is 11.5 Å². The minimum absolute atomic E-state index is 0.268. The van der Waals surface area contributed by atoms with Crippen molar-refractivity contribution < 1.29 is 14.1 Å². The fraction of sp³-hybridized carbons (Fsp3) is 0.500. The maximum Gasteiger partial charge on any atom is 0.307 e. The molecule has 0 amide bonds. The number of nitrogens with zero attached hydrogens (tertiary/aromatic N) is 3. The Balaban J connectivity index is 2.22. The molecular weight excluding hydrogens is 305 g/mol. The molecule has 6 nitrogen and oxygen atoms in total. The molecule has 0 saturated carbocycles. The molecule has 0 fully saturated rings. The van der Waals surface area contributed by atoms with Gasteiger partial charge in [0.15, 0.2) is 0 Å². The average molecular weight is 325 g/mol. The van der Waals surface area contributed by atoms with Gasteiger partial charge in [-0.1, -0.05) is 19.6 Å². The second-order valence-electron chi connectivity index (χ2n) is 6.48. The van der Waals surface area contributed by atoms with Crippen molar-refractivity contribution in [2.24, 2.45) is 0 Å². The fourth-order valence-electron chi connectivity index (χ4n) is 2.09. The molecule has 0 N–H and O–H groups in total. The summed E-state index contributed by atoms with van der Waals surface area (Å²) in [5.74, 6) is -0.219. The largest absolute Gasteiger partial charge is 0.361 e. The highest BCUT2D eigenvalue weighted by molar-refractivity contribution is 6.76. The summed E-state index contributed by atoms with van der Waals surface area (Å²) in [6, 6.07) is 3.35. The molecule has 2 rings (SSSR count). The van der Waals surface area contributed by atoms with E-state index < -0.39 is 24.5 Å². The Morgan fingerprint density at radius 1 is 1.41 bits per heavy atom. The maximum absolute atomic E-state index is 13.8. The number of benzene rings is 1. The quantitative estimate of drug-likeness (QED) is 0.351. The molecule has 0 aliphatic heterocycles. The van der Waals surface area contributed by atoms with Gasteiger partial charge in [0.2, 0.25) is 5.82 Å². The second-order valence-corrected chi connectivity index (χ2v) is 12.1. The van der Waals surface area contributed by atoms with Gasteiger partial charge in [-0.25, -0.2) is 4.98 Å². The van der Waals surface area contributed by atoms with Crippen molar-refractivity contribution in [1.29, 1.82) is 0 Å². The third kappa shape index (κ3) is 3.69. The van der Waals surface area contributed by atoms with Crippen molar-refractivity contribution in [3.05, 3.63) is 33.9 Å². The monoisotopic (exact) mass is 325 g/mol. The van der Waals surface area contributed by atoms with E-state index in [1.807, 2.05) is 0 Å². The summed E-state index contributed by atoms with van der Waals surface area (Å²) in [4.78, 5) is 14.3. The number of hydrogen-bond acceptors (Lipinski definition) is 4. The van der Waals surface area contributed by atoms with E-state index in [1.165, 1.54) is 0 Å². The first kappa shape index (κ1) is 16.6. The zero-order chi connectivity index (χ0) is 16.5. The van der Waals surface area contributed by atoms with Crippen LogP contribution in [0.1, 0.15) is 5.82 Å². The van der Waals surface area contributed by atoms with Crippen molar-refractivity contribution in [3.63, 3.8) is 0 Å². The van der Waals surface area contributed by atoms with Crippen molar-refractivity contribution >= 4 is 24.8 Å². The van der Waals surface area contributed by atoms with E-state index in [9.17, 15) is 14.5 Å². The first-order chi connectivity index (χ1) is 10.2. The number of aryl methyl sites for hydroxylation is 1. The van der Waals surface area contributed by atoms with E-state index in [0.717, 1.165) is 18.2 Å². The van der Waals surface area contributed by atoms with Gasteiger partial charge in [0.1, 0.15) is 12.6 Å². The molecule has 0 unspecified atom stereocenters. The number of nitro groups is 1. The molecule has 0 bridgehead atoms. The minimum atomic E-state index is -1.16. The zero-order valence-electron chi connectivity index (χ0n) is 13.2. The van der Waals surface area contributed by atoms with Crippen LogP contribution in [0.3, 0.4) is 0 Å². The number of imidazole rings is 1. The van der Waals surface area contributed by atoms with Gasteiger partial charge in [-0.05, 0) is 13.0 Å². The summed E-state index contributed by atoms with van der Waals surface area (Å²) in [7, 11) is -1.16. The van der Waals surface area contributed by atoms with E-state index >= 15 is 0 Å². The van der Waals surface area contributed by atoms with Crippen LogP contribution < -0.4 is 0 Å². The Labute approximate surface area is 129 Å². The van der Waals surface area contributed by atoms with Gasteiger partial charge in [0.05, 0.1) is 16.0 Å². The van der Waals surface area contributed by atoms with Crippen LogP contribution in [0.15, 0.2) is 12.1 Å². The van der Waals surface area contributed by atoms with E-state index in [4.69, 9.17) is 4.74 Å². The molecule has 1 aromatic carbocycles. The molecule has 0 spiro atoms. The van der Waals surface area contributed by atoms with Gasteiger partial charge in [0, 0.05) is 26.8 Å². The van der Waals surface area contributed by atoms with Crippen molar-refractivity contribution in [3.8, 4) is 0 Å². The summed E-state index contributed by atoms with van der Waals surface area (Å²) in [6.45, 7) is 9.48. The fourth-order valence-corrected chi connectivity index (χ4v) is 2.85. The van der Waals surface area contributed by atoms with Crippen LogP contribution in [0.4, 0.5) is 10.1 Å². The first-order valence-electron chi connectivity index (χ1n) is 7.07. The third-order valence-electron chi connectivity index (χ3n) is 3.42. The van der Waals surface area contributed by atoms with Crippen LogP contribution in [0, 0.1) is 22.9 Å². The van der Waals surface area contributed by atoms with Gasteiger partial charge in [-0.15, -0.1) is 0 Å². The molecule has 0 saturated heterocycles. The normalized spacial score (nSPS) is 12.0. The van der Waals surface area contributed by atoms with Crippen molar-refractivity contribution in [1.82, 2.24) is 9.55 Å². The van der Waals surface area contributed by atoms with Crippen LogP contribution in [-0.4, -0.2) is 29.2 Å². The van der Waals surface area contributed by atoms with E-state index in [0.29, 0.717) is 23.5 Å². The summed E-state index contributed by atoms with van der Waals surface area (Å²) in [5, 5.41) is 10.8. The van der Waals surface area contributed by atoms with Crippen LogP contribution in [0.2, 0.25) is 25.7 Å². The topological polar surface area (TPSA) is 70.2 Å². The maximum atomic E-state index is 13.8. The van der Waals surface area contributed by atoms with Gasteiger partial charge in [-0.2, -0.15) is 4.39 Å². The molecule has 22 heavy (non-hydrogen) atoms.